The summed E-state index contributed by atoms with van der Waals surface area (Å²) in [5, 5.41) is 9.98. The van der Waals surface area contributed by atoms with Gasteiger partial charge in [-0.05, 0) is 26.0 Å². The highest BCUT2D eigenvalue weighted by molar-refractivity contribution is 5.97. The standard InChI is InChI=1S/C16H18N2O4/c1-5-18(6-2)13-10-7-8-12(20-3)15(21-4)14(10)22-16(19)11(13)9-17/h7-8H,5-6H2,1-4H3. The summed E-state index contributed by atoms with van der Waals surface area (Å²) in [7, 11) is 2.99. The van der Waals surface area contributed by atoms with Gasteiger partial charge in [0.05, 0.1) is 19.9 Å². The van der Waals surface area contributed by atoms with Crippen LogP contribution in [-0.4, -0.2) is 27.3 Å². The summed E-state index contributed by atoms with van der Waals surface area (Å²) in [6.07, 6.45) is 0. The molecule has 0 aliphatic heterocycles. The van der Waals surface area contributed by atoms with Gasteiger partial charge in [-0.15, -0.1) is 0 Å². The second-order valence-electron chi connectivity index (χ2n) is 4.57. The third kappa shape index (κ3) is 2.35. The fourth-order valence-corrected chi connectivity index (χ4v) is 2.53. The number of rotatable bonds is 5. The molecule has 0 atom stereocenters. The van der Waals surface area contributed by atoms with Crippen molar-refractivity contribution in [2.45, 2.75) is 13.8 Å². The number of hydrogen-bond acceptors (Lipinski definition) is 6. The topological polar surface area (TPSA) is 75.7 Å². The summed E-state index contributed by atoms with van der Waals surface area (Å²) >= 11 is 0. The SMILES string of the molecule is CCN(CC)c1c(C#N)c(=O)oc2c(OC)c(OC)ccc12. The molecule has 0 saturated heterocycles. The second kappa shape index (κ2) is 6.39. The van der Waals surface area contributed by atoms with Gasteiger partial charge >= 0.3 is 5.63 Å². The highest BCUT2D eigenvalue weighted by atomic mass is 16.5. The van der Waals surface area contributed by atoms with Gasteiger partial charge in [0, 0.05) is 18.5 Å². The summed E-state index contributed by atoms with van der Waals surface area (Å²) in [5.41, 5.74) is 0.180. The van der Waals surface area contributed by atoms with Crippen LogP contribution in [0.1, 0.15) is 19.4 Å². The van der Waals surface area contributed by atoms with E-state index in [4.69, 9.17) is 13.9 Å². The molecular weight excluding hydrogens is 284 g/mol. The molecular formula is C16H18N2O4. The fourth-order valence-electron chi connectivity index (χ4n) is 2.53. The van der Waals surface area contributed by atoms with E-state index in [0.29, 0.717) is 35.7 Å². The molecule has 0 aliphatic rings. The van der Waals surface area contributed by atoms with Crippen LogP contribution < -0.4 is 20.0 Å². The van der Waals surface area contributed by atoms with Crippen molar-refractivity contribution in [1.29, 1.82) is 5.26 Å². The molecule has 22 heavy (non-hydrogen) atoms. The summed E-state index contributed by atoms with van der Waals surface area (Å²) in [6, 6.07) is 5.45. The zero-order valence-electron chi connectivity index (χ0n) is 13.1. The van der Waals surface area contributed by atoms with Gasteiger partial charge in [-0.1, -0.05) is 0 Å². The van der Waals surface area contributed by atoms with Crippen LogP contribution in [0.25, 0.3) is 11.0 Å². The maximum absolute atomic E-state index is 12.2. The van der Waals surface area contributed by atoms with Gasteiger partial charge in [-0.3, -0.25) is 0 Å². The number of fused-ring (bicyclic) bond motifs is 1. The van der Waals surface area contributed by atoms with Crippen LogP contribution in [0, 0.1) is 11.3 Å². The molecule has 1 aromatic heterocycles. The Balaban J connectivity index is 2.98. The van der Waals surface area contributed by atoms with E-state index >= 15 is 0 Å². The van der Waals surface area contributed by atoms with E-state index < -0.39 is 5.63 Å². The number of ether oxygens (including phenoxy) is 2. The van der Waals surface area contributed by atoms with Crippen molar-refractivity contribution < 1.29 is 13.9 Å². The summed E-state index contributed by atoms with van der Waals surface area (Å²) in [5.74, 6) is 0.809. The van der Waals surface area contributed by atoms with Crippen LogP contribution in [0.3, 0.4) is 0 Å². The van der Waals surface area contributed by atoms with Crippen molar-refractivity contribution in [2.24, 2.45) is 0 Å². The van der Waals surface area contributed by atoms with E-state index in [1.165, 1.54) is 14.2 Å². The quantitative estimate of drug-likeness (QED) is 0.790. The molecule has 0 aliphatic carbocycles. The molecule has 0 spiro atoms. The number of nitrogens with zero attached hydrogens (tertiary/aromatic N) is 2. The minimum Gasteiger partial charge on any atom is -0.493 e. The Bertz CT molecular complexity index is 785. The zero-order chi connectivity index (χ0) is 16.3. The fraction of sp³-hybridized carbons (Fsp3) is 0.375. The number of anilines is 1. The molecule has 0 N–H and O–H groups in total. The van der Waals surface area contributed by atoms with Crippen LogP contribution in [-0.2, 0) is 0 Å². The minimum absolute atomic E-state index is 0.00317. The molecule has 2 rings (SSSR count). The molecule has 116 valence electrons. The van der Waals surface area contributed by atoms with Gasteiger partial charge in [-0.2, -0.15) is 5.26 Å². The first-order valence-electron chi connectivity index (χ1n) is 6.99. The van der Waals surface area contributed by atoms with Gasteiger partial charge < -0.3 is 18.8 Å². The normalized spacial score (nSPS) is 10.3. The van der Waals surface area contributed by atoms with E-state index in [-0.39, 0.29) is 11.1 Å². The summed E-state index contributed by atoms with van der Waals surface area (Å²) < 4.78 is 15.9. The average Bonchev–Trinajstić information content (AvgIpc) is 2.54. The van der Waals surface area contributed by atoms with Crippen LogP contribution in [0.5, 0.6) is 11.5 Å². The lowest BCUT2D eigenvalue weighted by molar-refractivity contribution is 0.352. The van der Waals surface area contributed by atoms with Crippen LogP contribution in [0.2, 0.25) is 0 Å². The van der Waals surface area contributed by atoms with Crippen LogP contribution >= 0.6 is 0 Å². The Hall–Kier alpha value is -2.68. The van der Waals surface area contributed by atoms with E-state index in [1.54, 1.807) is 12.1 Å². The Morgan fingerprint density at radius 3 is 2.41 bits per heavy atom. The van der Waals surface area contributed by atoms with Crippen molar-refractivity contribution in [3.8, 4) is 17.6 Å². The molecule has 1 heterocycles. The first-order chi connectivity index (χ1) is 10.6. The molecule has 0 fully saturated rings. The molecule has 0 amide bonds. The maximum atomic E-state index is 12.2. The molecule has 0 saturated carbocycles. The van der Waals surface area contributed by atoms with Gasteiger partial charge in [0.2, 0.25) is 5.75 Å². The highest BCUT2D eigenvalue weighted by Crippen LogP contribution is 2.39. The van der Waals surface area contributed by atoms with Crippen molar-refractivity contribution in [3.05, 3.63) is 28.1 Å². The van der Waals surface area contributed by atoms with Gasteiger partial charge in [-0.25, -0.2) is 4.79 Å². The van der Waals surface area contributed by atoms with Gasteiger partial charge in [0.15, 0.2) is 16.9 Å². The zero-order valence-corrected chi connectivity index (χ0v) is 13.1. The molecule has 6 heteroatoms. The molecule has 1 aromatic carbocycles. The average molecular weight is 302 g/mol. The minimum atomic E-state index is -0.677. The smallest absolute Gasteiger partial charge is 0.356 e. The largest absolute Gasteiger partial charge is 0.493 e. The number of methoxy groups -OCH3 is 2. The third-order valence-corrected chi connectivity index (χ3v) is 3.58. The maximum Gasteiger partial charge on any atom is 0.356 e. The molecule has 0 bridgehead atoms. The van der Waals surface area contributed by atoms with Gasteiger partial charge in [0.1, 0.15) is 6.07 Å². The predicted molar refractivity (Wildman–Crippen MR) is 83.9 cm³/mol. The van der Waals surface area contributed by atoms with E-state index in [1.807, 2.05) is 24.8 Å². The van der Waals surface area contributed by atoms with Crippen molar-refractivity contribution in [1.82, 2.24) is 0 Å². The molecule has 2 aromatic rings. The summed E-state index contributed by atoms with van der Waals surface area (Å²) in [4.78, 5) is 14.1. The lowest BCUT2D eigenvalue weighted by atomic mass is 10.1. The first-order valence-corrected chi connectivity index (χ1v) is 6.99. The van der Waals surface area contributed by atoms with E-state index in [0.717, 1.165) is 0 Å². The highest BCUT2D eigenvalue weighted by Gasteiger charge is 2.22. The lowest BCUT2D eigenvalue weighted by Crippen LogP contribution is -2.25. The third-order valence-electron chi connectivity index (χ3n) is 3.58. The van der Waals surface area contributed by atoms with Crippen LogP contribution in [0.15, 0.2) is 21.3 Å². The number of benzene rings is 1. The lowest BCUT2D eigenvalue weighted by Gasteiger charge is -2.23. The van der Waals surface area contributed by atoms with Crippen molar-refractivity contribution in [2.75, 3.05) is 32.2 Å². The Labute approximate surface area is 128 Å². The predicted octanol–water partition coefficient (Wildman–Crippen LogP) is 2.53. The second-order valence-corrected chi connectivity index (χ2v) is 4.57. The monoisotopic (exact) mass is 302 g/mol. The van der Waals surface area contributed by atoms with Crippen LogP contribution in [0.4, 0.5) is 5.69 Å². The first kappa shape index (κ1) is 15.7. The van der Waals surface area contributed by atoms with E-state index in [9.17, 15) is 10.1 Å². The van der Waals surface area contributed by atoms with Crippen molar-refractivity contribution in [3.63, 3.8) is 0 Å². The Morgan fingerprint density at radius 1 is 1.23 bits per heavy atom. The Morgan fingerprint density at radius 2 is 1.91 bits per heavy atom. The number of nitriles is 1. The van der Waals surface area contributed by atoms with Gasteiger partial charge in [0.25, 0.3) is 0 Å². The van der Waals surface area contributed by atoms with E-state index in [2.05, 4.69) is 0 Å². The number of hydrogen-bond donors (Lipinski definition) is 0. The Kier molecular flexibility index (Phi) is 4.56. The molecule has 0 unspecified atom stereocenters. The molecule has 6 nitrogen and oxygen atoms in total. The van der Waals surface area contributed by atoms with Crippen molar-refractivity contribution >= 4 is 16.7 Å². The molecule has 0 radical (unpaired) electrons. The summed E-state index contributed by atoms with van der Waals surface area (Å²) in [6.45, 7) is 5.26.